The Labute approximate surface area is 335 Å². The SMILES string of the molecule is CC(C)(ON=C(C(=O)N[C@H]1C(=O)N(S(=O)(=O)[O-])[C@H]1C(=O)NS(=O)(=O)[O-])c1csc(NC(=O)CCl)n1)C(=O)OCc1ccc([N+](=O)[O-])cc1.[Na+].[Na+]. The smallest absolute Gasteiger partial charge is 0.731 e. The summed E-state index contributed by atoms with van der Waals surface area (Å²) in [5.74, 6) is -7.41. The predicted molar refractivity (Wildman–Crippen MR) is 156 cm³/mol. The molecule has 260 valence electrons. The molecule has 3 N–H and O–H groups in total. The second-order valence-electron chi connectivity index (χ2n) is 9.67. The number of halogens is 1. The number of esters is 1. The Morgan fingerprint density at radius 3 is 2.24 bits per heavy atom. The number of β-lactam (4-membered cyclic amide) rings is 1. The van der Waals surface area contributed by atoms with E-state index in [0.29, 0.717) is 5.56 Å². The minimum atomic E-state index is -5.76. The number of non-ortho nitro benzene ring substituents is 1. The molecule has 1 aromatic heterocycles. The van der Waals surface area contributed by atoms with Gasteiger partial charge in [-0.2, -0.15) is 0 Å². The van der Waals surface area contributed by atoms with Gasteiger partial charge in [0.05, 0.1) is 4.92 Å². The average Bonchev–Trinajstić information content (AvgIpc) is 3.43. The molecule has 1 aliphatic rings. The van der Waals surface area contributed by atoms with E-state index >= 15 is 0 Å². The molecule has 1 aromatic carbocycles. The van der Waals surface area contributed by atoms with Gasteiger partial charge in [-0.15, -0.1) is 22.9 Å². The van der Waals surface area contributed by atoms with Gasteiger partial charge in [-0.3, -0.25) is 34.0 Å². The molecule has 3 rings (SSSR count). The van der Waals surface area contributed by atoms with Gasteiger partial charge in [-0.1, -0.05) is 5.16 Å². The molecule has 2 atom stereocenters. The van der Waals surface area contributed by atoms with Crippen LogP contribution in [0.5, 0.6) is 0 Å². The third kappa shape index (κ3) is 11.9. The van der Waals surface area contributed by atoms with Gasteiger partial charge in [0.25, 0.3) is 23.4 Å². The van der Waals surface area contributed by atoms with E-state index in [0.717, 1.165) is 35.3 Å². The van der Waals surface area contributed by atoms with Crippen molar-refractivity contribution in [3.05, 3.63) is 51.0 Å². The van der Waals surface area contributed by atoms with Crippen LogP contribution in [-0.4, -0.2) is 99.0 Å². The van der Waals surface area contributed by atoms with Gasteiger partial charge in [0.1, 0.15) is 24.2 Å². The first-order valence-corrected chi connectivity index (χ1v) is 16.7. The van der Waals surface area contributed by atoms with Crippen molar-refractivity contribution in [2.24, 2.45) is 5.16 Å². The number of nitro groups is 1. The minimum Gasteiger partial charge on any atom is -0.731 e. The molecule has 0 saturated carbocycles. The molecular formula is C22H20ClN7Na2O15S3. The number of amides is 4. The number of benzene rings is 1. The van der Waals surface area contributed by atoms with Crippen LogP contribution in [0.25, 0.3) is 0 Å². The summed E-state index contributed by atoms with van der Waals surface area (Å²) in [6.07, 6.45) is 0. The van der Waals surface area contributed by atoms with Crippen LogP contribution in [0.3, 0.4) is 0 Å². The maximum absolute atomic E-state index is 13.3. The minimum absolute atomic E-state index is 0. The van der Waals surface area contributed by atoms with Crippen molar-refractivity contribution >= 4 is 89.7 Å². The van der Waals surface area contributed by atoms with Crippen molar-refractivity contribution < 1.29 is 124 Å². The number of oxime groups is 1. The summed E-state index contributed by atoms with van der Waals surface area (Å²) >= 11 is 6.18. The fraction of sp³-hybridized carbons (Fsp3) is 0.318. The van der Waals surface area contributed by atoms with Crippen LogP contribution in [0.1, 0.15) is 25.1 Å². The van der Waals surface area contributed by atoms with Gasteiger partial charge in [0, 0.05) is 17.5 Å². The van der Waals surface area contributed by atoms with E-state index in [4.69, 9.17) is 21.2 Å². The van der Waals surface area contributed by atoms with Gasteiger partial charge in [-0.05, 0) is 31.5 Å². The number of alkyl halides is 1. The van der Waals surface area contributed by atoms with Crippen LogP contribution in [0, 0.1) is 10.1 Å². The molecule has 2 aromatic rings. The molecule has 28 heteroatoms. The third-order valence-electron chi connectivity index (χ3n) is 5.78. The molecule has 4 amide bonds. The normalized spacial score (nSPS) is 16.1. The van der Waals surface area contributed by atoms with Crippen molar-refractivity contribution in [1.29, 1.82) is 0 Å². The van der Waals surface area contributed by atoms with Crippen LogP contribution in [0.4, 0.5) is 10.8 Å². The average molecular weight is 800 g/mol. The summed E-state index contributed by atoms with van der Waals surface area (Å²) in [4.78, 5) is 81.9. The Bertz CT molecular complexity index is 1910. The number of carbonyl (C=O) groups is 5. The van der Waals surface area contributed by atoms with Crippen molar-refractivity contribution in [3.8, 4) is 0 Å². The van der Waals surface area contributed by atoms with Gasteiger partial charge < -0.3 is 29.3 Å². The molecule has 22 nitrogen and oxygen atoms in total. The maximum Gasteiger partial charge on any atom is 1.00 e. The predicted octanol–water partition coefficient (Wildman–Crippen LogP) is -7.79. The van der Waals surface area contributed by atoms with Crippen LogP contribution in [0.2, 0.25) is 0 Å². The molecule has 0 radical (unpaired) electrons. The van der Waals surface area contributed by atoms with Gasteiger partial charge >= 0.3 is 65.1 Å². The Balaban J connectivity index is 0.00000625. The molecule has 2 heterocycles. The zero-order valence-electron chi connectivity index (χ0n) is 26.0. The van der Waals surface area contributed by atoms with Crippen molar-refractivity contribution in [2.45, 2.75) is 38.1 Å². The first-order chi connectivity index (χ1) is 22.1. The molecule has 0 aliphatic carbocycles. The number of thiazole rings is 1. The summed E-state index contributed by atoms with van der Waals surface area (Å²) in [6, 6.07) is 0.207. The van der Waals surface area contributed by atoms with E-state index in [9.17, 15) is 60.0 Å². The summed E-state index contributed by atoms with van der Waals surface area (Å²) in [6.45, 7) is 1.92. The quantitative estimate of drug-likeness (QED) is 0.0234. The third-order valence-corrected chi connectivity index (χ3v) is 8.12. The van der Waals surface area contributed by atoms with Crippen LogP contribution in [-0.2, 0) is 60.8 Å². The summed E-state index contributed by atoms with van der Waals surface area (Å²) in [5.41, 5.74) is -3.12. The Morgan fingerprint density at radius 1 is 1.12 bits per heavy atom. The standard InChI is InChI=1S/C22H22ClN7O15S3.2Na/c1-22(2,20(35)44-8-10-3-5-11(6-4-10)30(36)37)45-27-14(12-9-46-21(24-12)25-13(31)7-23)17(32)26-15-16(18(33)28-47(38,39)40)29(19(15)34)48(41,42)43;;/h3-6,9,15-16H,7-8H2,1-2H3,(H,26,32)(H,28,33)(H,24,25,31)(H,38,39,40)(H,41,42,43);;/q;2*+1/p-2/t15-,16-;;/m1../s1. The molecule has 0 spiro atoms. The van der Waals surface area contributed by atoms with E-state index in [1.807, 2.05) is 5.32 Å². The van der Waals surface area contributed by atoms with Gasteiger partial charge in [0.15, 0.2) is 37.5 Å². The first kappa shape index (κ1) is 45.2. The second-order valence-corrected chi connectivity index (χ2v) is 13.2. The van der Waals surface area contributed by atoms with Gasteiger partial charge in [0.2, 0.25) is 11.5 Å². The topological polar surface area (TPSA) is 326 Å². The number of aromatic nitrogens is 1. The molecule has 1 saturated heterocycles. The number of carbonyl (C=O) groups excluding carboxylic acids is 5. The number of ether oxygens (including phenoxy) is 1. The van der Waals surface area contributed by atoms with Crippen LogP contribution < -0.4 is 74.5 Å². The van der Waals surface area contributed by atoms with E-state index in [2.05, 4.69) is 15.5 Å². The maximum atomic E-state index is 13.3. The van der Waals surface area contributed by atoms with Crippen molar-refractivity contribution in [2.75, 3.05) is 11.2 Å². The molecule has 0 unspecified atom stereocenters. The van der Waals surface area contributed by atoms with E-state index in [1.54, 1.807) is 0 Å². The van der Waals surface area contributed by atoms with Gasteiger partial charge in [-0.25, -0.2) is 30.9 Å². The number of anilines is 1. The summed E-state index contributed by atoms with van der Waals surface area (Å²) < 4.78 is 73.0. The number of rotatable bonds is 14. The number of hydrogen-bond acceptors (Lipinski definition) is 18. The van der Waals surface area contributed by atoms with Crippen molar-refractivity contribution in [1.82, 2.24) is 19.3 Å². The Kier molecular flexibility index (Phi) is 16.4. The zero-order valence-corrected chi connectivity index (χ0v) is 33.2. The summed E-state index contributed by atoms with van der Waals surface area (Å²) in [7, 11) is -11.3. The van der Waals surface area contributed by atoms with E-state index < -0.39 is 94.4 Å². The fourth-order valence-electron chi connectivity index (χ4n) is 3.53. The van der Waals surface area contributed by atoms with Crippen LogP contribution >= 0.6 is 22.9 Å². The zero-order chi connectivity index (χ0) is 36.2. The summed E-state index contributed by atoms with van der Waals surface area (Å²) in [5, 5.41) is 19.5. The molecular weight excluding hydrogens is 780 g/mol. The fourth-order valence-corrected chi connectivity index (χ4v) is 5.51. The van der Waals surface area contributed by atoms with Crippen molar-refractivity contribution in [3.63, 3.8) is 0 Å². The molecule has 50 heavy (non-hydrogen) atoms. The Morgan fingerprint density at radius 2 is 1.72 bits per heavy atom. The number of nitro benzene ring substituents is 1. The number of nitrogens with zero attached hydrogens (tertiary/aromatic N) is 4. The van der Waals surface area contributed by atoms with E-state index in [1.165, 1.54) is 24.3 Å². The van der Waals surface area contributed by atoms with Crippen LogP contribution in [0.15, 0.2) is 34.8 Å². The molecule has 0 bridgehead atoms. The first-order valence-electron chi connectivity index (χ1n) is 12.5. The number of hydrogen-bond donors (Lipinski definition) is 3. The molecule has 1 aliphatic heterocycles. The monoisotopic (exact) mass is 799 g/mol. The number of nitrogens with one attached hydrogen (secondary N) is 3. The largest absolute Gasteiger partial charge is 1.00 e. The van der Waals surface area contributed by atoms with E-state index in [-0.39, 0.29) is 76.5 Å². The second kappa shape index (κ2) is 18.1. The Hall–Kier alpha value is -2.82. The molecule has 1 fully saturated rings.